The number of aromatic amines is 1. The number of H-pyrrole nitrogens is 1. The second kappa shape index (κ2) is 13.3. The van der Waals surface area contributed by atoms with Crippen LogP contribution in [0.25, 0.3) is 6.08 Å². The summed E-state index contributed by atoms with van der Waals surface area (Å²) in [5.41, 5.74) is 2.98. The van der Waals surface area contributed by atoms with E-state index in [0.717, 1.165) is 49.4 Å². The van der Waals surface area contributed by atoms with Gasteiger partial charge in [0, 0.05) is 24.1 Å². The summed E-state index contributed by atoms with van der Waals surface area (Å²) in [5.74, 6) is 1.98. The first kappa shape index (κ1) is 28.9. The lowest BCUT2D eigenvalue weighted by atomic mass is 9.95. The number of rotatable bonds is 10. The molecule has 0 spiro atoms. The van der Waals surface area contributed by atoms with Crippen molar-refractivity contribution in [3.63, 3.8) is 0 Å². The van der Waals surface area contributed by atoms with Crippen LogP contribution in [0.5, 0.6) is 17.2 Å². The van der Waals surface area contributed by atoms with Gasteiger partial charge in [-0.1, -0.05) is 22.8 Å². The second-order valence-electron chi connectivity index (χ2n) is 9.42. The molecule has 0 atom stereocenters. The van der Waals surface area contributed by atoms with Gasteiger partial charge in [-0.15, -0.1) is 12.4 Å². The first-order valence-corrected chi connectivity index (χ1v) is 12.8. The number of ether oxygens (including phenoxy) is 3. The predicted molar refractivity (Wildman–Crippen MR) is 145 cm³/mol. The third kappa shape index (κ3) is 7.32. The van der Waals surface area contributed by atoms with Crippen LogP contribution in [0.1, 0.15) is 35.7 Å². The third-order valence-corrected chi connectivity index (χ3v) is 6.95. The molecule has 3 heterocycles. The number of likely N-dealkylation sites (tertiary alicyclic amines) is 1. The summed E-state index contributed by atoms with van der Waals surface area (Å²) in [4.78, 5) is 16.2. The summed E-state index contributed by atoms with van der Waals surface area (Å²) in [6, 6.07) is 10.7. The van der Waals surface area contributed by atoms with E-state index in [0.29, 0.717) is 18.2 Å². The van der Waals surface area contributed by atoms with Gasteiger partial charge in [0.2, 0.25) is 0 Å². The number of piperidine rings is 1. The Bertz CT molecular complexity index is 1340. The smallest absolute Gasteiger partial charge is 0.438 e. The fraction of sp³-hybridized carbons (Fsp3) is 0.407. The first-order valence-electron chi connectivity index (χ1n) is 12.4. The molecule has 0 unspecified atom stereocenters. The summed E-state index contributed by atoms with van der Waals surface area (Å²) in [7, 11) is 0. The van der Waals surface area contributed by atoms with Gasteiger partial charge in [-0.25, -0.2) is 13.6 Å². The highest BCUT2D eigenvalue weighted by Gasteiger charge is 2.25. The van der Waals surface area contributed by atoms with E-state index in [1.807, 2.05) is 18.2 Å². The van der Waals surface area contributed by atoms with Crippen molar-refractivity contribution < 1.29 is 27.5 Å². The van der Waals surface area contributed by atoms with Crippen LogP contribution in [-0.4, -0.2) is 60.7 Å². The second-order valence-corrected chi connectivity index (χ2v) is 9.83. The highest BCUT2D eigenvalue weighted by Crippen LogP contribution is 2.33. The van der Waals surface area contributed by atoms with E-state index < -0.39 is 25.2 Å². The molecule has 12 heteroatoms. The number of hydrogen-bond donors (Lipinski definition) is 1. The Hall–Kier alpha value is -3.08. The number of nitrogens with one attached hydrogen (secondary N) is 1. The molecule has 0 saturated carbocycles. The molecular weight excluding hydrogens is 555 g/mol. The van der Waals surface area contributed by atoms with Crippen LogP contribution in [-0.2, 0) is 6.61 Å². The molecular formula is C27H29Cl2F2N3O5. The molecule has 210 valence electrons. The van der Waals surface area contributed by atoms with Gasteiger partial charge >= 0.3 is 5.76 Å². The van der Waals surface area contributed by atoms with Crippen molar-refractivity contribution in [1.82, 2.24) is 15.0 Å². The fourth-order valence-electron chi connectivity index (χ4n) is 4.62. The topological polar surface area (TPSA) is 89.8 Å². The Morgan fingerprint density at radius 3 is 2.64 bits per heavy atom. The lowest BCUT2D eigenvalue weighted by molar-refractivity contribution is 0.133. The molecule has 8 nitrogen and oxygen atoms in total. The molecule has 2 aliphatic rings. The quantitative estimate of drug-likeness (QED) is 0.343. The number of fused-ring (bicyclic) bond motifs is 1. The first-order chi connectivity index (χ1) is 18.5. The van der Waals surface area contributed by atoms with Gasteiger partial charge in [0.1, 0.15) is 43.8 Å². The van der Waals surface area contributed by atoms with Crippen LogP contribution in [0, 0.1) is 0 Å². The Labute approximate surface area is 235 Å². The van der Waals surface area contributed by atoms with Crippen LogP contribution >= 0.6 is 24.0 Å². The highest BCUT2D eigenvalue weighted by atomic mass is 35.5. The SMILES string of the molecule is Cl.O=c1[nH]c(C2CCN(CC3=Cc4ccc(OCc5ccc(OC(CF)CF)c(Cl)c5)cc4OC3)CC2)no1. The number of alkyl halides is 2. The molecule has 1 saturated heterocycles. The molecule has 1 N–H and O–H groups in total. The van der Waals surface area contributed by atoms with Crippen LogP contribution in [0.15, 0.2) is 51.3 Å². The highest BCUT2D eigenvalue weighted by molar-refractivity contribution is 6.32. The fourth-order valence-corrected chi connectivity index (χ4v) is 4.87. The number of benzene rings is 2. The summed E-state index contributed by atoms with van der Waals surface area (Å²) in [6.45, 7) is 1.53. The van der Waals surface area contributed by atoms with Gasteiger partial charge in [-0.3, -0.25) is 14.4 Å². The van der Waals surface area contributed by atoms with E-state index in [-0.39, 0.29) is 35.7 Å². The van der Waals surface area contributed by atoms with Crippen molar-refractivity contribution in [2.24, 2.45) is 0 Å². The molecule has 39 heavy (non-hydrogen) atoms. The predicted octanol–water partition coefficient (Wildman–Crippen LogP) is 5.36. The maximum atomic E-state index is 12.7. The van der Waals surface area contributed by atoms with E-state index >= 15 is 0 Å². The van der Waals surface area contributed by atoms with Gasteiger partial charge in [-0.2, -0.15) is 0 Å². The van der Waals surface area contributed by atoms with Crippen molar-refractivity contribution in [3.8, 4) is 17.2 Å². The molecule has 0 bridgehead atoms. The van der Waals surface area contributed by atoms with Gasteiger partial charge < -0.3 is 14.2 Å². The molecule has 1 fully saturated rings. The standard InChI is InChI=1S/C27H28ClF2N3O5.ClH/c28-23-10-17(1-4-24(23)37-22(12-29)13-30)15-35-21-3-2-20-9-18(16-36-25(20)11-21)14-33-7-5-19(6-8-33)26-31-27(34)38-32-26;/h1-4,9-11,19,22H,5-8,12-16H2,(H,31,32,34);1H. The molecule has 2 aromatic carbocycles. The minimum Gasteiger partial charge on any atom is -0.489 e. The van der Waals surface area contributed by atoms with Crippen molar-refractivity contribution in [1.29, 1.82) is 0 Å². The summed E-state index contributed by atoms with van der Waals surface area (Å²) < 4.78 is 47.2. The lowest BCUT2D eigenvalue weighted by Crippen LogP contribution is -2.35. The van der Waals surface area contributed by atoms with Crippen molar-refractivity contribution >= 4 is 30.1 Å². The maximum Gasteiger partial charge on any atom is 0.438 e. The average Bonchev–Trinajstić information content (AvgIpc) is 3.38. The van der Waals surface area contributed by atoms with Crippen LogP contribution in [0.4, 0.5) is 8.78 Å². The monoisotopic (exact) mass is 583 g/mol. The van der Waals surface area contributed by atoms with Gasteiger partial charge in [0.15, 0.2) is 11.9 Å². The molecule has 0 radical (unpaired) electrons. The molecule has 5 rings (SSSR count). The van der Waals surface area contributed by atoms with Crippen LogP contribution < -0.4 is 20.0 Å². The summed E-state index contributed by atoms with van der Waals surface area (Å²) in [5, 5.41) is 4.09. The molecule has 1 aromatic heterocycles. The normalized spacial score (nSPS) is 15.7. The zero-order valence-corrected chi connectivity index (χ0v) is 22.6. The van der Waals surface area contributed by atoms with Crippen LogP contribution in [0.3, 0.4) is 0 Å². The van der Waals surface area contributed by atoms with Crippen LogP contribution in [0.2, 0.25) is 5.02 Å². The van der Waals surface area contributed by atoms with Crippen molar-refractivity contribution in [2.45, 2.75) is 31.5 Å². The molecule has 0 amide bonds. The van der Waals surface area contributed by atoms with Crippen molar-refractivity contribution in [3.05, 3.63) is 74.5 Å². The number of aromatic nitrogens is 2. The Morgan fingerprint density at radius 2 is 1.95 bits per heavy atom. The average molecular weight is 584 g/mol. The molecule has 3 aromatic rings. The number of nitrogens with zero attached hydrogens (tertiary/aromatic N) is 2. The zero-order chi connectivity index (χ0) is 26.5. The number of halogens is 4. The van der Waals surface area contributed by atoms with E-state index in [2.05, 4.69) is 25.6 Å². The van der Waals surface area contributed by atoms with Gasteiger partial charge in [0.25, 0.3) is 0 Å². The maximum absolute atomic E-state index is 12.7. The molecule has 0 aliphatic carbocycles. The van der Waals surface area contributed by atoms with Gasteiger partial charge in [0.05, 0.1) is 5.02 Å². The minimum atomic E-state index is -1.16. The van der Waals surface area contributed by atoms with Crippen molar-refractivity contribution in [2.75, 3.05) is 39.6 Å². The Morgan fingerprint density at radius 1 is 1.15 bits per heavy atom. The Kier molecular flexibility index (Phi) is 9.88. The lowest BCUT2D eigenvalue weighted by Gasteiger charge is -2.32. The van der Waals surface area contributed by atoms with Gasteiger partial charge in [-0.05, 0) is 67.4 Å². The summed E-state index contributed by atoms with van der Waals surface area (Å²) in [6.07, 6.45) is 2.81. The number of hydrogen-bond acceptors (Lipinski definition) is 7. The zero-order valence-electron chi connectivity index (χ0n) is 21.0. The molecule has 2 aliphatic heterocycles. The summed E-state index contributed by atoms with van der Waals surface area (Å²) >= 11 is 6.21. The van der Waals surface area contributed by atoms with E-state index in [9.17, 15) is 13.6 Å². The third-order valence-electron chi connectivity index (χ3n) is 6.66. The minimum absolute atomic E-state index is 0. The van der Waals surface area contributed by atoms with E-state index in [1.54, 1.807) is 18.2 Å². The Balaban J connectivity index is 0.00000353. The van der Waals surface area contributed by atoms with E-state index in [4.69, 9.17) is 25.8 Å². The van der Waals surface area contributed by atoms with E-state index in [1.165, 1.54) is 5.57 Å². The largest absolute Gasteiger partial charge is 0.489 e.